The van der Waals surface area contributed by atoms with Crippen molar-refractivity contribution in [3.05, 3.63) is 52.8 Å². The van der Waals surface area contributed by atoms with Crippen molar-refractivity contribution in [1.82, 2.24) is 9.78 Å². The molecule has 0 fully saturated rings. The van der Waals surface area contributed by atoms with E-state index in [0.29, 0.717) is 0 Å². The Morgan fingerprint density at radius 2 is 1.89 bits per heavy atom. The maximum absolute atomic E-state index is 6.24. The fourth-order valence-corrected chi connectivity index (χ4v) is 2.42. The highest BCUT2D eigenvalue weighted by Gasteiger charge is 2.13. The normalized spacial score (nSPS) is 12.7. The Hall–Kier alpha value is -1.61. The quantitative estimate of drug-likeness (QED) is 0.897. The van der Waals surface area contributed by atoms with Gasteiger partial charge >= 0.3 is 0 Å². The Morgan fingerprint density at radius 3 is 2.44 bits per heavy atom. The highest BCUT2D eigenvalue weighted by molar-refractivity contribution is 5.25. The third-order valence-corrected chi connectivity index (χ3v) is 3.48. The lowest BCUT2D eigenvalue weighted by Gasteiger charge is -2.13. The van der Waals surface area contributed by atoms with Crippen molar-refractivity contribution in [2.24, 2.45) is 5.73 Å². The minimum Gasteiger partial charge on any atom is -0.322 e. The largest absolute Gasteiger partial charge is 0.322 e. The molecule has 1 aromatic heterocycles. The predicted molar refractivity (Wildman–Crippen MR) is 74.4 cm³/mol. The molecule has 18 heavy (non-hydrogen) atoms. The Labute approximate surface area is 109 Å². The van der Waals surface area contributed by atoms with Gasteiger partial charge < -0.3 is 5.73 Å². The van der Waals surface area contributed by atoms with Crippen LogP contribution in [-0.4, -0.2) is 9.78 Å². The van der Waals surface area contributed by atoms with Crippen LogP contribution in [0.5, 0.6) is 0 Å². The van der Waals surface area contributed by atoms with E-state index >= 15 is 0 Å². The lowest BCUT2D eigenvalue weighted by Crippen LogP contribution is -2.19. The Bertz CT molecular complexity index is 514. The van der Waals surface area contributed by atoms with Crippen LogP contribution in [0, 0.1) is 13.8 Å². The first-order valence-corrected chi connectivity index (χ1v) is 6.47. The van der Waals surface area contributed by atoms with Gasteiger partial charge in [-0.15, -0.1) is 0 Å². The SMILES string of the molecule is CCc1c(C)nn(CC(N)c2ccccc2)c1C. The molecule has 1 atom stereocenters. The molecule has 0 saturated carbocycles. The molecule has 0 bridgehead atoms. The fraction of sp³-hybridized carbons (Fsp3) is 0.400. The molecule has 0 amide bonds. The minimum absolute atomic E-state index is 0.00564. The van der Waals surface area contributed by atoms with Crippen molar-refractivity contribution >= 4 is 0 Å². The van der Waals surface area contributed by atoms with E-state index in [4.69, 9.17) is 5.73 Å². The van der Waals surface area contributed by atoms with Gasteiger partial charge in [-0.05, 0) is 31.4 Å². The van der Waals surface area contributed by atoms with Crippen molar-refractivity contribution in [2.75, 3.05) is 0 Å². The fourth-order valence-electron chi connectivity index (χ4n) is 2.42. The highest BCUT2D eigenvalue weighted by Crippen LogP contribution is 2.17. The third kappa shape index (κ3) is 2.46. The maximum atomic E-state index is 6.24. The lowest BCUT2D eigenvalue weighted by atomic mass is 10.1. The number of hydrogen-bond donors (Lipinski definition) is 1. The van der Waals surface area contributed by atoms with Crippen molar-refractivity contribution < 1.29 is 0 Å². The van der Waals surface area contributed by atoms with Crippen LogP contribution in [0.3, 0.4) is 0 Å². The van der Waals surface area contributed by atoms with E-state index < -0.39 is 0 Å². The summed E-state index contributed by atoms with van der Waals surface area (Å²) in [5, 5.41) is 4.58. The van der Waals surface area contributed by atoms with Crippen LogP contribution in [-0.2, 0) is 13.0 Å². The van der Waals surface area contributed by atoms with Gasteiger partial charge in [0, 0.05) is 11.7 Å². The topological polar surface area (TPSA) is 43.8 Å². The molecule has 1 aromatic carbocycles. The number of nitrogens with zero attached hydrogens (tertiary/aromatic N) is 2. The number of nitrogens with two attached hydrogens (primary N) is 1. The number of hydrogen-bond acceptors (Lipinski definition) is 2. The zero-order chi connectivity index (χ0) is 13.1. The van der Waals surface area contributed by atoms with Gasteiger partial charge in [0.2, 0.25) is 0 Å². The van der Waals surface area contributed by atoms with Crippen molar-refractivity contribution in [1.29, 1.82) is 0 Å². The van der Waals surface area contributed by atoms with Crippen LogP contribution < -0.4 is 5.73 Å². The van der Waals surface area contributed by atoms with Gasteiger partial charge in [-0.2, -0.15) is 5.10 Å². The molecule has 96 valence electrons. The van der Waals surface area contributed by atoms with E-state index in [9.17, 15) is 0 Å². The van der Waals surface area contributed by atoms with Gasteiger partial charge in [0.15, 0.2) is 0 Å². The van der Waals surface area contributed by atoms with Crippen LogP contribution in [0.4, 0.5) is 0 Å². The number of benzene rings is 1. The van der Waals surface area contributed by atoms with Gasteiger partial charge in [-0.25, -0.2) is 0 Å². The summed E-state index contributed by atoms with van der Waals surface area (Å²) in [5.74, 6) is 0. The summed E-state index contributed by atoms with van der Waals surface area (Å²) in [6.45, 7) is 7.09. The molecule has 1 heterocycles. The second kappa shape index (κ2) is 5.36. The first-order chi connectivity index (χ1) is 8.63. The summed E-state index contributed by atoms with van der Waals surface area (Å²) in [6.07, 6.45) is 1.03. The molecular formula is C15H21N3. The number of rotatable bonds is 4. The third-order valence-electron chi connectivity index (χ3n) is 3.48. The molecule has 2 aromatic rings. The summed E-state index contributed by atoms with van der Waals surface area (Å²) >= 11 is 0. The molecule has 3 heteroatoms. The molecule has 0 spiro atoms. The number of aryl methyl sites for hydroxylation is 1. The molecule has 0 aliphatic rings. The van der Waals surface area contributed by atoms with Crippen LogP contribution in [0.25, 0.3) is 0 Å². The van der Waals surface area contributed by atoms with Crippen molar-refractivity contribution in [3.63, 3.8) is 0 Å². The summed E-state index contributed by atoms with van der Waals surface area (Å²) < 4.78 is 2.03. The first-order valence-electron chi connectivity index (χ1n) is 6.47. The smallest absolute Gasteiger partial charge is 0.0628 e. The average molecular weight is 243 g/mol. The number of aromatic nitrogens is 2. The van der Waals surface area contributed by atoms with E-state index in [1.807, 2.05) is 22.9 Å². The molecule has 1 unspecified atom stereocenters. The minimum atomic E-state index is -0.00564. The lowest BCUT2D eigenvalue weighted by molar-refractivity contribution is 0.514. The van der Waals surface area contributed by atoms with Gasteiger partial charge in [0.1, 0.15) is 0 Å². The summed E-state index contributed by atoms with van der Waals surface area (Å²) in [7, 11) is 0. The maximum Gasteiger partial charge on any atom is 0.0628 e. The standard InChI is InChI=1S/C15H21N3/c1-4-14-11(2)17-18(12(14)3)10-15(16)13-8-6-5-7-9-13/h5-9,15H,4,10,16H2,1-3H3. The van der Waals surface area contributed by atoms with Crippen LogP contribution in [0.15, 0.2) is 30.3 Å². The van der Waals surface area contributed by atoms with Crippen molar-refractivity contribution in [3.8, 4) is 0 Å². The Morgan fingerprint density at radius 1 is 1.22 bits per heavy atom. The monoisotopic (exact) mass is 243 g/mol. The van der Waals surface area contributed by atoms with E-state index in [1.54, 1.807) is 0 Å². The molecular weight excluding hydrogens is 222 g/mol. The second-order valence-corrected chi connectivity index (χ2v) is 4.70. The molecule has 2 rings (SSSR count). The van der Waals surface area contributed by atoms with Crippen LogP contribution >= 0.6 is 0 Å². The first kappa shape index (κ1) is 12.8. The van der Waals surface area contributed by atoms with Crippen LogP contribution in [0.2, 0.25) is 0 Å². The molecule has 3 nitrogen and oxygen atoms in total. The van der Waals surface area contributed by atoms with Crippen LogP contribution in [0.1, 0.15) is 35.5 Å². The van der Waals surface area contributed by atoms with E-state index in [1.165, 1.54) is 11.3 Å². The summed E-state index contributed by atoms with van der Waals surface area (Å²) in [6, 6.07) is 10.2. The second-order valence-electron chi connectivity index (χ2n) is 4.70. The molecule has 0 radical (unpaired) electrons. The Balaban J connectivity index is 2.20. The molecule has 0 saturated heterocycles. The van der Waals surface area contributed by atoms with Gasteiger partial charge in [-0.3, -0.25) is 4.68 Å². The summed E-state index contributed by atoms with van der Waals surface area (Å²) in [4.78, 5) is 0. The van der Waals surface area contributed by atoms with E-state index in [2.05, 4.69) is 38.0 Å². The molecule has 2 N–H and O–H groups in total. The predicted octanol–water partition coefficient (Wildman–Crippen LogP) is 2.76. The Kier molecular flexibility index (Phi) is 3.82. The van der Waals surface area contributed by atoms with E-state index in [-0.39, 0.29) is 6.04 Å². The van der Waals surface area contributed by atoms with Gasteiger partial charge in [0.05, 0.1) is 12.2 Å². The molecule has 0 aliphatic carbocycles. The zero-order valence-electron chi connectivity index (χ0n) is 11.4. The molecule has 0 aliphatic heterocycles. The van der Waals surface area contributed by atoms with Crippen molar-refractivity contribution in [2.45, 2.75) is 39.8 Å². The average Bonchev–Trinajstić information content (AvgIpc) is 2.65. The zero-order valence-corrected chi connectivity index (χ0v) is 11.4. The highest BCUT2D eigenvalue weighted by atomic mass is 15.3. The van der Waals surface area contributed by atoms with E-state index in [0.717, 1.165) is 24.2 Å². The summed E-state index contributed by atoms with van der Waals surface area (Å²) in [5.41, 5.74) is 11.1. The van der Waals surface area contributed by atoms with Gasteiger partial charge in [0.25, 0.3) is 0 Å². The van der Waals surface area contributed by atoms with Gasteiger partial charge in [-0.1, -0.05) is 37.3 Å².